The second-order valence-electron chi connectivity index (χ2n) is 6.53. The SMILES string of the molecule is CC1(C)OB(C(=Cc2cc3cn[nH]c3cn2)CO)OC1(C)C. The second kappa shape index (κ2) is 5.19. The van der Waals surface area contributed by atoms with Crippen LogP contribution in [-0.2, 0) is 9.31 Å². The number of hydrogen-bond donors (Lipinski definition) is 2. The van der Waals surface area contributed by atoms with E-state index in [9.17, 15) is 5.11 Å². The lowest BCUT2D eigenvalue weighted by atomic mass is 9.78. The molecule has 0 bridgehead atoms. The van der Waals surface area contributed by atoms with E-state index in [2.05, 4.69) is 15.2 Å². The van der Waals surface area contributed by atoms with E-state index in [-0.39, 0.29) is 6.61 Å². The quantitative estimate of drug-likeness (QED) is 0.847. The maximum atomic E-state index is 9.69. The predicted molar refractivity (Wildman–Crippen MR) is 85.0 cm³/mol. The number of rotatable bonds is 3. The first-order valence-electron chi connectivity index (χ1n) is 7.28. The Kier molecular flexibility index (Phi) is 3.59. The molecule has 1 saturated heterocycles. The van der Waals surface area contributed by atoms with Gasteiger partial charge in [-0.1, -0.05) is 0 Å². The molecule has 7 heteroatoms. The maximum Gasteiger partial charge on any atom is 0.492 e. The monoisotopic (exact) mass is 301 g/mol. The molecule has 2 aromatic rings. The highest BCUT2D eigenvalue weighted by atomic mass is 16.7. The molecule has 3 rings (SSSR count). The molecule has 0 radical (unpaired) electrons. The summed E-state index contributed by atoms with van der Waals surface area (Å²) in [5.74, 6) is 0. The molecule has 1 fully saturated rings. The molecule has 0 saturated carbocycles. The van der Waals surface area contributed by atoms with E-state index in [1.807, 2.05) is 33.8 Å². The normalized spacial score (nSPS) is 20.8. The van der Waals surface area contributed by atoms with E-state index < -0.39 is 18.3 Å². The van der Waals surface area contributed by atoms with Crippen LogP contribution in [0.25, 0.3) is 17.0 Å². The van der Waals surface area contributed by atoms with Crippen LogP contribution in [0.15, 0.2) is 23.9 Å². The average molecular weight is 301 g/mol. The largest absolute Gasteiger partial charge is 0.492 e. The molecule has 0 aromatic carbocycles. The first kappa shape index (κ1) is 15.2. The topological polar surface area (TPSA) is 80.3 Å². The van der Waals surface area contributed by atoms with Gasteiger partial charge in [0, 0.05) is 5.39 Å². The Morgan fingerprint density at radius 1 is 1.27 bits per heavy atom. The van der Waals surface area contributed by atoms with Gasteiger partial charge in [-0.05, 0) is 45.3 Å². The van der Waals surface area contributed by atoms with Crippen molar-refractivity contribution in [3.8, 4) is 0 Å². The maximum absolute atomic E-state index is 9.69. The number of nitrogens with one attached hydrogen (secondary N) is 1. The lowest BCUT2D eigenvalue weighted by molar-refractivity contribution is 0.00578. The van der Waals surface area contributed by atoms with Gasteiger partial charge in [-0.25, -0.2) is 0 Å². The van der Waals surface area contributed by atoms with Crippen LogP contribution < -0.4 is 0 Å². The van der Waals surface area contributed by atoms with E-state index in [1.165, 1.54) is 0 Å². The molecule has 1 aliphatic rings. The fraction of sp³-hybridized carbons (Fsp3) is 0.467. The molecule has 1 aliphatic heterocycles. The minimum absolute atomic E-state index is 0.151. The van der Waals surface area contributed by atoms with Gasteiger partial charge in [-0.15, -0.1) is 0 Å². The van der Waals surface area contributed by atoms with Crippen LogP contribution in [0.4, 0.5) is 0 Å². The highest BCUT2D eigenvalue weighted by Crippen LogP contribution is 2.38. The van der Waals surface area contributed by atoms with Gasteiger partial charge in [0.25, 0.3) is 0 Å². The number of aromatic nitrogens is 3. The average Bonchev–Trinajstić information content (AvgIpc) is 2.98. The molecular formula is C15H20BN3O3. The number of aliphatic hydroxyl groups is 1. The molecule has 6 nitrogen and oxygen atoms in total. The smallest absolute Gasteiger partial charge is 0.400 e. The standard InChI is InChI=1S/C15H20BN3O3/c1-14(2)15(3,4)22-16(21-14)11(9-20)6-12-5-10-7-18-19-13(10)8-17-12/h5-8,20H,9H2,1-4H3,(H,18,19). The summed E-state index contributed by atoms with van der Waals surface area (Å²) in [5, 5.41) is 17.5. The van der Waals surface area contributed by atoms with Crippen LogP contribution in [0.3, 0.4) is 0 Å². The summed E-state index contributed by atoms with van der Waals surface area (Å²) in [4.78, 5) is 4.34. The van der Waals surface area contributed by atoms with Crippen molar-refractivity contribution >= 4 is 24.1 Å². The van der Waals surface area contributed by atoms with Gasteiger partial charge in [0.15, 0.2) is 0 Å². The molecule has 0 atom stereocenters. The van der Waals surface area contributed by atoms with Gasteiger partial charge >= 0.3 is 7.12 Å². The van der Waals surface area contributed by atoms with E-state index in [1.54, 1.807) is 18.5 Å². The van der Waals surface area contributed by atoms with Crippen molar-refractivity contribution in [2.24, 2.45) is 0 Å². The molecule has 0 amide bonds. The van der Waals surface area contributed by atoms with Crippen LogP contribution in [0.2, 0.25) is 0 Å². The Morgan fingerprint density at radius 3 is 2.59 bits per heavy atom. The highest BCUT2D eigenvalue weighted by Gasteiger charge is 2.52. The summed E-state index contributed by atoms with van der Waals surface area (Å²) in [6.07, 6.45) is 5.25. The zero-order valence-corrected chi connectivity index (χ0v) is 13.3. The molecule has 0 aliphatic carbocycles. The second-order valence-corrected chi connectivity index (χ2v) is 6.53. The predicted octanol–water partition coefficient (Wildman–Crippen LogP) is 1.96. The summed E-state index contributed by atoms with van der Waals surface area (Å²) >= 11 is 0. The van der Waals surface area contributed by atoms with Gasteiger partial charge in [-0.2, -0.15) is 5.10 Å². The van der Waals surface area contributed by atoms with Gasteiger partial charge < -0.3 is 14.4 Å². The minimum Gasteiger partial charge on any atom is -0.400 e. The first-order chi connectivity index (χ1) is 10.3. The van der Waals surface area contributed by atoms with E-state index in [0.717, 1.165) is 16.6 Å². The lowest BCUT2D eigenvalue weighted by Crippen LogP contribution is -2.41. The molecule has 0 unspecified atom stereocenters. The van der Waals surface area contributed by atoms with Crippen molar-refractivity contribution in [1.29, 1.82) is 0 Å². The third-order valence-corrected chi connectivity index (χ3v) is 4.42. The van der Waals surface area contributed by atoms with E-state index in [0.29, 0.717) is 5.47 Å². The summed E-state index contributed by atoms with van der Waals surface area (Å²) in [5.41, 5.74) is 1.38. The molecule has 2 N–H and O–H groups in total. The van der Waals surface area contributed by atoms with Gasteiger partial charge in [0.2, 0.25) is 0 Å². The van der Waals surface area contributed by atoms with E-state index in [4.69, 9.17) is 9.31 Å². The van der Waals surface area contributed by atoms with Gasteiger partial charge in [0.05, 0.1) is 41.4 Å². The van der Waals surface area contributed by atoms with Gasteiger partial charge in [-0.3, -0.25) is 10.1 Å². The molecule has 3 heterocycles. The number of H-pyrrole nitrogens is 1. The Bertz CT molecular complexity index is 708. The number of fused-ring (bicyclic) bond motifs is 1. The van der Waals surface area contributed by atoms with Crippen molar-refractivity contribution in [3.05, 3.63) is 29.6 Å². The molecule has 2 aromatic heterocycles. The Balaban J connectivity index is 1.90. The van der Waals surface area contributed by atoms with E-state index >= 15 is 0 Å². The Labute approximate surface area is 129 Å². The molecular weight excluding hydrogens is 281 g/mol. The fourth-order valence-electron chi connectivity index (χ4n) is 2.31. The Morgan fingerprint density at radius 2 is 1.95 bits per heavy atom. The molecule has 0 spiro atoms. The van der Waals surface area contributed by atoms with Crippen LogP contribution >= 0.6 is 0 Å². The van der Waals surface area contributed by atoms with Crippen LogP contribution in [-0.4, -0.2) is 45.2 Å². The number of aromatic amines is 1. The number of pyridine rings is 1. The molecule has 22 heavy (non-hydrogen) atoms. The first-order valence-corrected chi connectivity index (χ1v) is 7.28. The summed E-state index contributed by atoms with van der Waals surface area (Å²) in [6, 6.07) is 1.90. The zero-order chi connectivity index (χ0) is 16.0. The number of aliphatic hydroxyl groups excluding tert-OH is 1. The summed E-state index contributed by atoms with van der Waals surface area (Å²) in [7, 11) is -0.572. The van der Waals surface area contributed by atoms with Gasteiger partial charge in [0.1, 0.15) is 0 Å². The minimum atomic E-state index is -0.572. The Hall–Kier alpha value is -1.70. The highest BCUT2D eigenvalue weighted by molar-refractivity contribution is 6.55. The fourth-order valence-corrected chi connectivity index (χ4v) is 2.31. The number of hydrogen-bond acceptors (Lipinski definition) is 5. The lowest BCUT2D eigenvalue weighted by Gasteiger charge is -2.32. The summed E-state index contributed by atoms with van der Waals surface area (Å²) in [6.45, 7) is 7.78. The van der Waals surface area contributed by atoms with Crippen molar-refractivity contribution < 1.29 is 14.4 Å². The van der Waals surface area contributed by atoms with Crippen molar-refractivity contribution in [1.82, 2.24) is 15.2 Å². The molecule has 116 valence electrons. The number of nitrogens with zero attached hydrogens (tertiary/aromatic N) is 2. The van der Waals surface area contributed by atoms with Crippen molar-refractivity contribution in [2.75, 3.05) is 6.61 Å². The zero-order valence-electron chi connectivity index (χ0n) is 13.3. The van der Waals surface area contributed by atoms with Crippen molar-refractivity contribution in [3.63, 3.8) is 0 Å². The summed E-state index contributed by atoms with van der Waals surface area (Å²) < 4.78 is 11.9. The third-order valence-electron chi connectivity index (χ3n) is 4.42. The van der Waals surface area contributed by atoms with Crippen LogP contribution in [0.1, 0.15) is 33.4 Å². The van der Waals surface area contributed by atoms with Crippen molar-refractivity contribution in [2.45, 2.75) is 38.9 Å². The third kappa shape index (κ3) is 2.56. The van der Waals surface area contributed by atoms with Crippen LogP contribution in [0, 0.1) is 0 Å². The van der Waals surface area contributed by atoms with Crippen LogP contribution in [0.5, 0.6) is 0 Å².